The summed E-state index contributed by atoms with van der Waals surface area (Å²) in [4.78, 5) is 26.0. The molecule has 1 amide bonds. The summed E-state index contributed by atoms with van der Waals surface area (Å²) in [6.07, 6.45) is 0.740. The maximum atomic E-state index is 11.9. The Morgan fingerprint density at radius 1 is 1.40 bits per heavy atom. The lowest BCUT2D eigenvalue weighted by Gasteiger charge is -2.33. The maximum absolute atomic E-state index is 11.9. The van der Waals surface area contributed by atoms with Crippen LogP contribution < -0.4 is 5.32 Å². The summed E-state index contributed by atoms with van der Waals surface area (Å²) in [5.41, 5.74) is -0.777. The minimum atomic E-state index is -0.978. The number of rotatable bonds is 4. The second-order valence-corrected chi connectivity index (χ2v) is 5.51. The molecule has 0 aromatic carbocycles. The highest BCUT2D eigenvalue weighted by molar-refractivity contribution is 6.41. The Kier molecular flexibility index (Phi) is 4.57. The van der Waals surface area contributed by atoms with Crippen LogP contribution in [0.3, 0.4) is 0 Å². The van der Waals surface area contributed by atoms with E-state index in [9.17, 15) is 14.7 Å². The van der Waals surface area contributed by atoms with E-state index in [4.69, 9.17) is 27.9 Å². The van der Waals surface area contributed by atoms with Gasteiger partial charge in [0, 0.05) is 19.8 Å². The predicted molar refractivity (Wildman–Crippen MR) is 73.3 cm³/mol. The number of carbonyl (C=O) groups is 2. The van der Waals surface area contributed by atoms with Crippen molar-refractivity contribution >= 4 is 35.1 Å². The van der Waals surface area contributed by atoms with E-state index in [0.29, 0.717) is 26.1 Å². The van der Waals surface area contributed by atoms with Crippen LogP contribution in [0.15, 0.2) is 6.07 Å². The SMILES string of the molecule is O=C(NCC1(C(=O)O)CCOCC1)c1cc(Cl)c(Cl)[nH]1. The number of carbonyl (C=O) groups excluding carboxylic acids is 1. The van der Waals surface area contributed by atoms with Crippen LogP contribution in [0.4, 0.5) is 0 Å². The van der Waals surface area contributed by atoms with Crippen LogP contribution in [0, 0.1) is 5.41 Å². The lowest BCUT2D eigenvalue weighted by molar-refractivity contribution is -0.154. The molecular weight excluding hydrogens is 307 g/mol. The van der Waals surface area contributed by atoms with Gasteiger partial charge in [0.25, 0.3) is 5.91 Å². The zero-order valence-electron chi connectivity index (χ0n) is 10.5. The molecule has 0 unspecified atom stereocenters. The van der Waals surface area contributed by atoms with Crippen molar-refractivity contribution in [1.82, 2.24) is 10.3 Å². The van der Waals surface area contributed by atoms with Crippen LogP contribution in [0.25, 0.3) is 0 Å². The number of hydrogen-bond donors (Lipinski definition) is 3. The highest BCUT2D eigenvalue weighted by Gasteiger charge is 2.40. The summed E-state index contributed by atoms with van der Waals surface area (Å²) in [7, 11) is 0. The average molecular weight is 321 g/mol. The summed E-state index contributed by atoms with van der Waals surface area (Å²) < 4.78 is 5.17. The molecule has 0 atom stereocenters. The number of hydrogen-bond acceptors (Lipinski definition) is 3. The molecule has 2 heterocycles. The highest BCUT2D eigenvalue weighted by atomic mass is 35.5. The summed E-state index contributed by atoms with van der Waals surface area (Å²) in [6.45, 7) is 0.795. The number of H-pyrrole nitrogens is 1. The molecule has 20 heavy (non-hydrogen) atoms. The smallest absolute Gasteiger partial charge is 0.311 e. The average Bonchev–Trinajstić information content (AvgIpc) is 2.77. The van der Waals surface area contributed by atoms with Gasteiger partial charge in [0.05, 0.1) is 10.4 Å². The first-order valence-corrected chi connectivity index (χ1v) is 6.83. The molecule has 3 N–H and O–H groups in total. The number of halogens is 2. The molecule has 1 fully saturated rings. The Bertz CT molecular complexity index is 504. The van der Waals surface area contributed by atoms with Crippen molar-refractivity contribution in [3.05, 3.63) is 21.9 Å². The van der Waals surface area contributed by atoms with Crippen LogP contribution in [0.1, 0.15) is 23.3 Å². The van der Waals surface area contributed by atoms with Crippen LogP contribution in [-0.2, 0) is 9.53 Å². The molecule has 0 bridgehead atoms. The Hall–Kier alpha value is -1.24. The van der Waals surface area contributed by atoms with E-state index in [-0.39, 0.29) is 22.4 Å². The van der Waals surface area contributed by atoms with Crippen LogP contribution in [-0.4, -0.2) is 41.7 Å². The molecule has 1 aliphatic rings. The van der Waals surface area contributed by atoms with Crippen molar-refractivity contribution in [1.29, 1.82) is 0 Å². The van der Waals surface area contributed by atoms with Crippen molar-refractivity contribution in [3.63, 3.8) is 0 Å². The predicted octanol–water partition coefficient (Wildman–Crippen LogP) is 1.93. The Balaban J connectivity index is 2.02. The number of aromatic amines is 1. The Morgan fingerprint density at radius 2 is 2.05 bits per heavy atom. The number of carboxylic acid groups (broad SMARTS) is 1. The molecule has 1 saturated heterocycles. The van der Waals surface area contributed by atoms with Gasteiger partial charge in [-0.15, -0.1) is 0 Å². The van der Waals surface area contributed by atoms with E-state index in [2.05, 4.69) is 10.3 Å². The largest absolute Gasteiger partial charge is 0.481 e. The van der Waals surface area contributed by atoms with Gasteiger partial charge in [-0.25, -0.2) is 0 Å². The molecule has 1 aromatic rings. The second-order valence-electron chi connectivity index (χ2n) is 4.73. The van der Waals surface area contributed by atoms with Crippen molar-refractivity contribution in [2.75, 3.05) is 19.8 Å². The molecule has 2 rings (SSSR count). The fraction of sp³-hybridized carbons (Fsp3) is 0.500. The van der Waals surface area contributed by atoms with E-state index < -0.39 is 17.3 Å². The second kappa shape index (κ2) is 6.03. The molecule has 110 valence electrons. The number of aromatic nitrogens is 1. The van der Waals surface area contributed by atoms with Crippen molar-refractivity contribution in [2.45, 2.75) is 12.8 Å². The minimum Gasteiger partial charge on any atom is -0.481 e. The van der Waals surface area contributed by atoms with E-state index in [1.807, 2.05) is 0 Å². The zero-order chi connectivity index (χ0) is 14.8. The molecule has 0 aliphatic carbocycles. The van der Waals surface area contributed by atoms with Crippen LogP contribution in [0.5, 0.6) is 0 Å². The van der Waals surface area contributed by atoms with Gasteiger partial charge in [-0.2, -0.15) is 0 Å². The number of nitrogens with one attached hydrogen (secondary N) is 2. The molecule has 8 heteroatoms. The summed E-state index contributed by atoms with van der Waals surface area (Å²) >= 11 is 11.5. The number of aliphatic carboxylic acids is 1. The van der Waals surface area contributed by atoms with Gasteiger partial charge >= 0.3 is 5.97 Å². The zero-order valence-corrected chi connectivity index (χ0v) is 12.1. The molecule has 0 radical (unpaired) electrons. The van der Waals surface area contributed by atoms with Crippen molar-refractivity contribution in [2.24, 2.45) is 5.41 Å². The first-order chi connectivity index (χ1) is 9.44. The quantitative estimate of drug-likeness (QED) is 0.790. The molecule has 1 aliphatic heterocycles. The summed E-state index contributed by atoms with van der Waals surface area (Å²) in [5, 5.41) is 12.4. The first kappa shape index (κ1) is 15.2. The van der Waals surface area contributed by atoms with Crippen LogP contribution in [0.2, 0.25) is 10.2 Å². The van der Waals surface area contributed by atoms with Gasteiger partial charge < -0.3 is 20.1 Å². The Labute approximate surface area is 125 Å². The van der Waals surface area contributed by atoms with E-state index in [1.54, 1.807) is 0 Å². The van der Waals surface area contributed by atoms with Crippen molar-refractivity contribution < 1.29 is 19.4 Å². The monoisotopic (exact) mass is 320 g/mol. The van der Waals surface area contributed by atoms with Gasteiger partial charge in [0.15, 0.2) is 0 Å². The van der Waals surface area contributed by atoms with Gasteiger partial charge in [-0.3, -0.25) is 9.59 Å². The summed E-state index contributed by atoms with van der Waals surface area (Å²) in [5.74, 6) is -1.37. The normalized spacial score (nSPS) is 17.7. The number of ether oxygens (including phenoxy) is 1. The number of amides is 1. The van der Waals surface area contributed by atoms with E-state index in [1.165, 1.54) is 6.07 Å². The Morgan fingerprint density at radius 3 is 2.55 bits per heavy atom. The standard InChI is InChI=1S/C12H14Cl2N2O4/c13-7-5-8(16-9(7)14)10(17)15-6-12(11(18)19)1-3-20-4-2-12/h5,16H,1-4,6H2,(H,15,17)(H,18,19). The van der Waals surface area contributed by atoms with Crippen molar-refractivity contribution in [3.8, 4) is 0 Å². The third kappa shape index (κ3) is 3.08. The topological polar surface area (TPSA) is 91.4 Å². The van der Waals surface area contributed by atoms with Gasteiger partial charge in [0.2, 0.25) is 0 Å². The van der Waals surface area contributed by atoms with Gasteiger partial charge in [-0.05, 0) is 18.9 Å². The van der Waals surface area contributed by atoms with Gasteiger partial charge in [-0.1, -0.05) is 23.2 Å². The fourth-order valence-corrected chi connectivity index (χ4v) is 2.41. The minimum absolute atomic E-state index is 0.0405. The van der Waals surface area contributed by atoms with Crippen LogP contribution >= 0.6 is 23.2 Å². The maximum Gasteiger partial charge on any atom is 0.311 e. The first-order valence-electron chi connectivity index (χ1n) is 6.08. The van der Waals surface area contributed by atoms with E-state index >= 15 is 0 Å². The molecule has 1 aromatic heterocycles. The number of carboxylic acids is 1. The molecule has 0 saturated carbocycles. The lowest BCUT2D eigenvalue weighted by Crippen LogP contribution is -2.46. The third-order valence-corrected chi connectivity index (χ3v) is 4.15. The van der Waals surface area contributed by atoms with E-state index in [0.717, 1.165) is 0 Å². The highest BCUT2D eigenvalue weighted by Crippen LogP contribution is 2.30. The third-order valence-electron chi connectivity index (χ3n) is 3.46. The lowest BCUT2D eigenvalue weighted by atomic mass is 9.80. The fourth-order valence-electron chi connectivity index (χ4n) is 2.10. The summed E-state index contributed by atoms with van der Waals surface area (Å²) in [6, 6.07) is 1.40. The molecular formula is C12H14Cl2N2O4. The molecule has 6 nitrogen and oxygen atoms in total. The van der Waals surface area contributed by atoms with Gasteiger partial charge in [0.1, 0.15) is 10.8 Å². The molecule has 0 spiro atoms.